The van der Waals surface area contributed by atoms with Crippen LogP contribution in [0.4, 0.5) is 18.9 Å². The van der Waals surface area contributed by atoms with Crippen molar-refractivity contribution in [2.45, 2.75) is 26.1 Å². The number of carbonyl (C=O) groups is 1. The summed E-state index contributed by atoms with van der Waals surface area (Å²) in [5.74, 6) is -0.985. The van der Waals surface area contributed by atoms with Gasteiger partial charge in [0.15, 0.2) is 5.88 Å². The summed E-state index contributed by atoms with van der Waals surface area (Å²) in [6.07, 6.45) is -0.627. The van der Waals surface area contributed by atoms with Crippen molar-refractivity contribution < 1.29 is 23.1 Å². The first-order chi connectivity index (χ1) is 15.1. The number of aromatic amines is 1. The molecule has 0 bridgehead atoms. The summed E-state index contributed by atoms with van der Waals surface area (Å²) >= 11 is 0. The zero-order valence-electron chi connectivity index (χ0n) is 18.0. The number of hydrogen-bond donors (Lipinski definition) is 3. The summed E-state index contributed by atoms with van der Waals surface area (Å²) in [6.45, 7) is 1.95. The fourth-order valence-corrected chi connectivity index (χ4v) is 3.20. The minimum Gasteiger partial charge on any atom is -0.494 e. The second-order valence-electron chi connectivity index (χ2n) is 7.58. The van der Waals surface area contributed by atoms with Crippen LogP contribution in [0.2, 0.25) is 0 Å². The summed E-state index contributed by atoms with van der Waals surface area (Å²) in [7, 11) is 3.93. The number of nitrogens with zero attached hydrogens (tertiary/aromatic N) is 4. The summed E-state index contributed by atoms with van der Waals surface area (Å²) < 4.78 is 39.0. The van der Waals surface area contributed by atoms with Gasteiger partial charge < -0.3 is 20.3 Å². The highest BCUT2D eigenvalue weighted by molar-refractivity contribution is 6.14. The van der Waals surface area contributed by atoms with Gasteiger partial charge in [0.2, 0.25) is 0 Å². The Morgan fingerprint density at radius 1 is 1.34 bits per heavy atom. The number of benzene rings is 1. The largest absolute Gasteiger partial charge is 0.494 e. The van der Waals surface area contributed by atoms with Crippen molar-refractivity contribution in [3.63, 3.8) is 0 Å². The first-order valence-corrected chi connectivity index (χ1v) is 10.0. The number of fused-ring (bicyclic) bond motifs is 1. The topological polar surface area (TPSA) is 98.5 Å². The summed E-state index contributed by atoms with van der Waals surface area (Å²) in [6, 6.07) is 4.37. The van der Waals surface area contributed by atoms with Gasteiger partial charge in [0.25, 0.3) is 5.91 Å². The van der Waals surface area contributed by atoms with E-state index in [1.165, 1.54) is 18.2 Å². The number of aromatic hydroxyl groups is 1. The molecule has 0 fully saturated rings. The molecule has 0 atom stereocenters. The van der Waals surface area contributed by atoms with Gasteiger partial charge in [0.05, 0.1) is 30.2 Å². The van der Waals surface area contributed by atoms with Crippen LogP contribution in [0.1, 0.15) is 29.3 Å². The van der Waals surface area contributed by atoms with E-state index >= 15 is 0 Å². The molecule has 0 aliphatic heterocycles. The molecule has 3 N–H and O–H groups in total. The molecule has 8 nitrogen and oxygen atoms in total. The Morgan fingerprint density at radius 2 is 2.09 bits per heavy atom. The molecule has 1 amide bonds. The van der Waals surface area contributed by atoms with Crippen molar-refractivity contribution in [1.82, 2.24) is 25.0 Å². The van der Waals surface area contributed by atoms with Crippen LogP contribution in [0.5, 0.6) is 5.88 Å². The van der Waals surface area contributed by atoms with Gasteiger partial charge >= 0.3 is 6.18 Å². The van der Waals surface area contributed by atoms with Gasteiger partial charge in [-0.2, -0.15) is 18.3 Å². The standard InChI is InChI=1S/C21H25F3N6O2/c1-4-16(27-14-10-26-30(11-14)8-7-29(2)3)18-15-9-13(5-6-17(15)28-20(18)32)19(31)25-12-21(22,23)24/h5-6,9-11,28,32H,4,7-8,12H2,1-3H3,(H,25,31). The third kappa shape index (κ3) is 5.67. The molecule has 1 aromatic carbocycles. The minimum absolute atomic E-state index is 0.0500. The number of nitrogens with one attached hydrogen (secondary N) is 2. The first kappa shape index (κ1) is 23.3. The predicted molar refractivity (Wildman–Crippen MR) is 116 cm³/mol. The second-order valence-corrected chi connectivity index (χ2v) is 7.58. The predicted octanol–water partition coefficient (Wildman–Crippen LogP) is 3.45. The normalized spacial score (nSPS) is 12.7. The molecule has 32 heavy (non-hydrogen) atoms. The Bertz CT molecular complexity index is 1130. The van der Waals surface area contributed by atoms with Gasteiger partial charge in [-0.25, -0.2) is 4.99 Å². The fourth-order valence-electron chi connectivity index (χ4n) is 3.20. The number of likely N-dealkylation sites (N-methyl/N-ethyl adjacent to an activating group) is 1. The van der Waals surface area contributed by atoms with E-state index in [2.05, 4.69) is 15.1 Å². The SMILES string of the molecule is CCC(=Nc1cnn(CCN(C)C)c1)c1c(O)[nH]c2ccc(C(=O)NCC(F)(F)F)cc12. The molecule has 0 saturated carbocycles. The van der Waals surface area contributed by atoms with Crippen molar-refractivity contribution >= 4 is 28.2 Å². The van der Waals surface area contributed by atoms with Crippen LogP contribution >= 0.6 is 0 Å². The minimum atomic E-state index is -4.50. The lowest BCUT2D eigenvalue weighted by molar-refractivity contribution is -0.123. The van der Waals surface area contributed by atoms with Crippen molar-refractivity contribution in [3.05, 3.63) is 41.7 Å². The molecule has 2 heterocycles. The molecule has 172 valence electrons. The number of alkyl halides is 3. The van der Waals surface area contributed by atoms with Crippen LogP contribution in [0.15, 0.2) is 35.6 Å². The van der Waals surface area contributed by atoms with E-state index in [9.17, 15) is 23.1 Å². The van der Waals surface area contributed by atoms with E-state index in [1.807, 2.05) is 31.2 Å². The summed E-state index contributed by atoms with van der Waals surface area (Å²) in [4.78, 5) is 21.6. The number of hydrogen-bond acceptors (Lipinski definition) is 5. The van der Waals surface area contributed by atoms with Crippen molar-refractivity contribution in [1.29, 1.82) is 0 Å². The maximum Gasteiger partial charge on any atom is 0.405 e. The van der Waals surface area contributed by atoms with Crippen LogP contribution in [0, 0.1) is 0 Å². The van der Waals surface area contributed by atoms with E-state index in [0.29, 0.717) is 40.8 Å². The lowest BCUT2D eigenvalue weighted by atomic mass is 10.0. The van der Waals surface area contributed by atoms with Gasteiger partial charge in [0, 0.05) is 23.0 Å². The molecule has 11 heteroatoms. The Hall–Kier alpha value is -3.34. The van der Waals surface area contributed by atoms with Crippen LogP contribution in [-0.2, 0) is 6.54 Å². The molecule has 0 unspecified atom stereocenters. The number of carbonyl (C=O) groups excluding carboxylic acids is 1. The highest BCUT2D eigenvalue weighted by Crippen LogP contribution is 2.31. The van der Waals surface area contributed by atoms with E-state index in [0.717, 1.165) is 6.54 Å². The fraction of sp³-hybridized carbons (Fsp3) is 0.381. The van der Waals surface area contributed by atoms with E-state index in [1.54, 1.807) is 17.1 Å². The van der Waals surface area contributed by atoms with Crippen LogP contribution < -0.4 is 5.32 Å². The monoisotopic (exact) mass is 450 g/mol. The van der Waals surface area contributed by atoms with Gasteiger partial charge in [-0.3, -0.25) is 9.48 Å². The lowest BCUT2D eigenvalue weighted by Gasteiger charge is -2.09. The van der Waals surface area contributed by atoms with Gasteiger partial charge in [-0.1, -0.05) is 6.92 Å². The molecular weight excluding hydrogens is 425 g/mol. The van der Waals surface area contributed by atoms with Crippen LogP contribution in [-0.4, -0.2) is 69.8 Å². The van der Waals surface area contributed by atoms with E-state index in [4.69, 9.17) is 0 Å². The maximum absolute atomic E-state index is 12.4. The molecular formula is C21H25F3N6O2. The van der Waals surface area contributed by atoms with Crippen LogP contribution in [0.3, 0.4) is 0 Å². The van der Waals surface area contributed by atoms with Gasteiger partial charge in [-0.05, 0) is 38.7 Å². The van der Waals surface area contributed by atoms with Gasteiger partial charge in [-0.15, -0.1) is 0 Å². The Labute approximate surface area is 182 Å². The highest BCUT2D eigenvalue weighted by atomic mass is 19.4. The maximum atomic E-state index is 12.4. The molecule has 0 spiro atoms. The summed E-state index contributed by atoms with van der Waals surface area (Å²) in [5, 5.41) is 17.1. The Kier molecular flexibility index (Phi) is 6.87. The van der Waals surface area contributed by atoms with Crippen molar-refractivity contribution in [2.75, 3.05) is 27.2 Å². The number of amides is 1. The van der Waals surface area contributed by atoms with Crippen LogP contribution in [0.25, 0.3) is 10.9 Å². The lowest BCUT2D eigenvalue weighted by Crippen LogP contribution is -2.33. The number of rotatable bonds is 8. The van der Waals surface area contributed by atoms with E-state index in [-0.39, 0.29) is 11.4 Å². The van der Waals surface area contributed by atoms with Crippen molar-refractivity contribution in [3.8, 4) is 5.88 Å². The summed E-state index contributed by atoms with van der Waals surface area (Å²) in [5.41, 5.74) is 2.14. The zero-order chi connectivity index (χ0) is 23.5. The zero-order valence-corrected chi connectivity index (χ0v) is 18.0. The second kappa shape index (κ2) is 9.43. The average molecular weight is 450 g/mol. The molecule has 3 aromatic rings. The Morgan fingerprint density at radius 3 is 2.75 bits per heavy atom. The molecule has 2 aromatic heterocycles. The molecule has 0 aliphatic carbocycles. The molecule has 0 aliphatic rings. The number of aliphatic imine (C=N–C) groups is 1. The van der Waals surface area contributed by atoms with E-state index < -0.39 is 18.6 Å². The first-order valence-electron chi connectivity index (χ1n) is 10.0. The molecule has 0 radical (unpaired) electrons. The quantitative estimate of drug-likeness (QED) is 0.458. The number of H-pyrrole nitrogens is 1. The van der Waals surface area contributed by atoms with Gasteiger partial charge in [0.1, 0.15) is 12.2 Å². The smallest absolute Gasteiger partial charge is 0.405 e. The number of aromatic nitrogens is 3. The molecule has 3 rings (SSSR count). The average Bonchev–Trinajstić information content (AvgIpc) is 3.30. The van der Waals surface area contributed by atoms with Crippen molar-refractivity contribution in [2.24, 2.45) is 4.99 Å². The third-order valence-electron chi connectivity index (χ3n) is 4.77. The molecule has 0 saturated heterocycles. The Balaban J connectivity index is 1.93. The third-order valence-corrected chi connectivity index (χ3v) is 4.77. The highest BCUT2D eigenvalue weighted by Gasteiger charge is 2.28. The number of halogens is 3.